The van der Waals surface area contributed by atoms with Gasteiger partial charge in [-0.2, -0.15) is 0 Å². The molecule has 0 aromatic heterocycles. The number of ether oxygens (including phenoxy) is 1. The number of nitrogens with one attached hydrogen (secondary N) is 1. The Balaban J connectivity index is 1.71. The molecule has 1 N–H and O–H groups in total. The SMILES string of the molecule is CC(OC(=O)CCNC(=O)Cc1ccccc1)C(=O)N(C)c1ccccc1. The van der Waals surface area contributed by atoms with E-state index >= 15 is 0 Å². The zero-order valence-corrected chi connectivity index (χ0v) is 15.6. The fourth-order valence-corrected chi connectivity index (χ4v) is 2.51. The standard InChI is InChI=1S/C21H24N2O4/c1-16(21(26)23(2)18-11-7-4-8-12-18)27-20(25)13-14-22-19(24)15-17-9-5-3-6-10-17/h3-12,16H,13-15H2,1-2H3,(H,22,24). The second-order valence-electron chi connectivity index (χ2n) is 6.13. The average Bonchev–Trinajstić information content (AvgIpc) is 2.68. The Morgan fingerprint density at radius 3 is 2.22 bits per heavy atom. The van der Waals surface area contributed by atoms with E-state index in [4.69, 9.17) is 4.74 Å². The van der Waals surface area contributed by atoms with Crippen molar-refractivity contribution in [1.29, 1.82) is 0 Å². The second kappa shape index (κ2) is 10.1. The molecule has 0 saturated carbocycles. The molecule has 0 radical (unpaired) electrons. The monoisotopic (exact) mass is 368 g/mol. The number of hydrogen-bond donors (Lipinski definition) is 1. The number of anilines is 1. The molecule has 0 aliphatic heterocycles. The van der Waals surface area contributed by atoms with E-state index in [1.165, 1.54) is 11.8 Å². The van der Waals surface area contributed by atoms with E-state index in [-0.39, 0.29) is 31.2 Å². The number of benzene rings is 2. The Morgan fingerprint density at radius 1 is 1.00 bits per heavy atom. The first kappa shape index (κ1) is 20.2. The van der Waals surface area contributed by atoms with Gasteiger partial charge in [0.25, 0.3) is 5.91 Å². The summed E-state index contributed by atoms with van der Waals surface area (Å²) < 4.78 is 5.17. The van der Waals surface area contributed by atoms with Gasteiger partial charge in [0.1, 0.15) is 0 Å². The first-order valence-electron chi connectivity index (χ1n) is 8.80. The first-order chi connectivity index (χ1) is 13.0. The third-order valence-electron chi connectivity index (χ3n) is 3.99. The third kappa shape index (κ3) is 6.58. The highest BCUT2D eigenvalue weighted by atomic mass is 16.5. The van der Waals surface area contributed by atoms with Gasteiger partial charge in [-0.05, 0) is 24.6 Å². The number of amides is 2. The van der Waals surface area contributed by atoms with E-state index in [9.17, 15) is 14.4 Å². The summed E-state index contributed by atoms with van der Waals surface area (Å²) in [7, 11) is 1.63. The summed E-state index contributed by atoms with van der Waals surface area (Å²) in [6.45, 7) is 1.70. The molecular weight excluding hydrogens is 344 g/mol. The van der Waals surface area contributed by atoms with Crippen LogP contribution in [0.15, 0.2) is 60.7 Å². The summed E-state index contributed by atoms with van der Waals surface area (Å²) in [6, 6.07) is 18.5. The first-order valence-corrected chi connectivity index (χ1v) is 8.80. The Kier molecular flexibility index (Phi) is 7.55. The largest absolute Gasteiger partial charge is 0.452 e. The molecule has 0 heterocycles. The van der Waals surface area contributed by atoms with E-state index in [1.807, 2.05) is 48.5 Å². The second-order valence-corrected chi connectivity index (χ2v) is 6.13. The minimum Gasteiger partial charge on any atom is -0.452 e. The average molecular weight is 368 g/mol. The third-order valence-corrected chi connectivity index (χ3v) is 3.99. The lowest BCUT2D eigenvalue weighted by atomic mass is 10.1. The van der Waals surface area contributed by atoms with Gasteiger partial charge in [0, 0.05) is 19.3 Å². The molecule has 1 atom stereocenters. The number of carbonyl (C=O) groups excluding carboxylic acids is 3. The van der Waals surface area contributed by atoms with Crippen molar-refractivity contribution in [3.05, 3.63) is 66.2 Å². The predicted octanol–water partition coefficient (Wildman–Crippen LogP) is 2.33. The minimum atomic E-state index is -0.900. The Bertz CT molecular complexity index is 762. The van der Waals surface area contributed by atoms with Gasteiger partial charge in [-0.1, -0.05) is 48.5 Å². The van der Waals surface area contributed by atoms with Crippen molar-refractivity contribution in [2.24, 2.45) is 0 Å². The van der Waals surface area contributed by atoms with Gasteiger partial charge >= 0.3 is 5.97 Å². The number of rotatable bonds is 8. The Hall–Kier alpha value is -3.15. The highest BCUT2D eigenvalue weighted by molar-refractivity contribution is 5.96. The number of esters is 1. The van der Waals surface area contributed by atoms with Crippen LogP contribution in [0.3, 0.4) is 0 Å². The van der Waals surface area contributed by atoms with Gasteiger partial charge in [0.2, 0.25) is 5.91 Å². The van der Waals surface area contributed by atoms with Crippen LogP contribution >= 0.6 is 0 Å². The van der Waals surface area contributed by atoms with Crippen molar-refractivity contribution in [1.82, 2.24) is 5.32 Å². The lowest BCUT2D eigenvalue weighted by Crippen LogP contribution is -2.38. The molecule has 2 rings (SSSR count). The zero-order chi connectivity index (χ0) is 19.6. The number of hydrogen-bond acceptors (Lipinski definition) is 4. The van der Waals surface area contributed by atoms with Crippen molar-refractivity contribution in [3.63, 3.8) is 0 Å². The fraction of sp³-hybridized carbons (Fsp3) is 0.286. The van der Waals surface area contributed by atoms with Gasteiger partial charge in [-0.25, -0.2) is 0 Å². The highest BCUT2D eigenvalue weighted by Gasteiger charge is 2.22. The summed E-state index contributed by atoms with van der Waals surface area (Å²) in [5.74, 6) is -1.01. The van der Waals surface area contributed by atoms with Crippen molar-refractivity contribution < 1.29 is 19.1 Å². The highest BCUT2D eigenvalue weighted by Crippen LogP contribution is 2.13. The molecule has 2 aromatic rings. The van der Waals surface area contributed by atoms with E-state index in [0.717, 1.165) is 11.3 Å². The lowest BCUT2D eigenvalue weighted by molar-refractivity contribution is -0.153. The minimum absolute atomic E-state index is 0.00714. The van der Waals surface area contributed by atoms with E-state index in [1.54, 1.807) is 19.2 Å². The van der Waals surface area contributed by atoms with Gasteiger partial charge in [0.05, 0.1) is 12.8 Å². The van der Waals surface area contributed by atoms with Crippen LogP contribution in [-0.4, -0.2) is 37.5 Å². The molecule has 0 spiro atoms. The summed E-state index contributed by atoms with van der Waals surface area (Å²) >= 11 is 0. The van der Waals surface area contributed by atoms with Crippen LogP contribution in [0.25, 0.3) is 0 Å². The van der Waals surface area contributed by atoms with Gasteiger partial charge in [0.15, 0.2) is 6.10 Å². The molecule has 0 fully saturated rings. The molecule has 6 nitrogen and oxygen atoms in total. The molecule has 0 bridgehead atoms. The Labute approximate surface area is 159 Å². The van der Waals surface area contributed by atoms with E-state index in [0.29, 0.717) is 0 Å². The van der Waals surface area contributed by atoms with Crippen LogP contribution in [0.1, 0.15) is 18.9 Å². The number of para-hydroxylation sites is 1. The molecule has 2 aromatic carbocycles. The molecule has 142 valence electrons. The molecule has 0 saturated heterocycles. The molecule has 2 amide bonds. The van der Waals surface area contributed by atoms with Crippen LogP contribution in [0.2, 0.25) is 0 Å². The molecule has 6 heteroatoms. The normalized spacial score (nSPS) is 11.3. The molecule has 27 heavy (non-hydrogen) atoms. The van der Waals surface area contributed by atoms with Crippen LogP contribution in [0.4, 0.5) is 5.69 Å². The van der Waals surface area contributed by atoms with Crippen molar-refractivity contribution in [2.75, 3.05) is 18.5 Å². The van der Waals surface area contributed by atoms with Crippen LogP contribution in [0, 0.1) is 0 Å². The zero-order valence-electron chi connectivity index (χ0n) is 15.6. The predicted molar refractivity (Wildman–Crippen MR) is 103 cm³/mol. The maximum atomic E-state index is 12.3. The van der Waals surface area contributed by atoms with Crippen molar-refractivity contribution >= 4 is 23.5 Å². The van der Waals surface area contributed by atoms with Gasteiger partial charge in [-0.15, -0.1) is 0 Å². The van der Waals surface area contributed by atoms with Gasteiger partial charge < -0.3 is 15.0 Å². The molecule has 0 aliphatic rings. The smallest absolute Gasteiger partial charge is 0.308 e. The summed E-state index contributed by atoms with van der Waals surface area (Å²) in [6.07, 6.45) is -0.637. The topological polar surface area (TPSA) is 75.7 Å². The molecular formula is C21H24N2O4. The van der Waals surface area contributed by atoms with Crippen LogP contribution < -0.4 is 10.2 Å². The summed E-state index contributed by atoms with van der Waals surface area (Å²) in [4.78, 5) is 37.5. The van der Waals surface area contributed by atoms with E-state index in [2.05, 4.69) is 5.32 Å². The summed E-state index contributed by atoms with van der Waals surface area (Å²) in [5, 5.41) is 2.68. The van der Waals surface area contributed by atoms with E-state index < -0.39 is 12.1 Å². The maximum absolute atomic E-state index is 12.3. The lowest BCUT2D eigenvalue weighted by Gasteiger charge is -2.21. The fourth-order valence-electron chi connectivity index (χ4n) is 2.51. The number of nitrogens with zero attached hydrogens (tertiary/aromatic N) is 1. The number of carbonyl (C=O) groups is 3. The molecule has 1 unspecified atom stereocenters. The molecule has 0 aliphatic carbocycles. The maximum Gasteiger partial charge on any atom is 0.308 e. The van der Waals surface area contributed by atoms with Gasteiger partial charge in [-0.3, -0.25) is 14.4 Å². The van der Waals surface area contributed by atoms with Crippen LogP contribution in [0.5, 0.6) is 0 Å². The number of likely N-dealkylation sites (N-methyl/N-ethyl adjacent to an activating group) is 1. The summed E-state index contributed by atoms with van der Waals surface area (Å²) in [5.41, 5.74) is 1.62. The Morgan fingerprint density at radius 2 is 1.59 bits per heavy atom. The van der Waals surface area contributed by atoms with Crippen molar-refractivity contribution in [3.8, 4) is 0 Å². The van der Waals surface area contributed by atoms with Crippen LogP contribution in [-0.2, 0) is 25.5 Å². The quantitative estimate of drug-likeness (QED) is 0.726. The van der Waals surface area contributed by atoms with Crippen molar-refractivity contribution in [2.45, 2.75) is 25.9 Å².